The Morgan fingerprint density at radius 1 is 1.50 bits per heavy atom. The molecular weight excluding hydrogens is 260 g/mol. The summed E-state index contributed by atoms with van der Waals surface area (Å²) in [5.74, 6) is -0.942. The number of ether oxygens (including phenoxy) is 1. The zero-order chi connectivity index (χ0) is 15.2. The van der Waals surface area contributed by atoms with E-state index >= 15 is 0 Å². The number of carboxylic acid groups (broad SMARTS) is 1. The predicted molar refractivity (Wildman–Crippen MR) is 75.3 cm³/mol. The molecule has 20 heavy (non-hydrogen) atoms. The molecule has 0 saturated carbocycles. The fourth-order valence-corrected chi connectivity index (χ4v) is 2.83. The minimum absolute atomic E-state index is 0.139. The molecule has 0 aliphatic carbocycles. The molecule has 6 heteroatoms. The van der Waals surface area contributed by atoms with E-state index in [-0.39, 0.29) is 12.5 Å². The highest BCUT2D eigenvalue weighted by molar-refractivity contribution is 5.84. The fourth-order valence-electron chi connectivity index (χ4n) is 2.83. The van der Waals surface area contributed by atoms with Gasteiger partial charge in [-0.25, -0.2) is 0 Å². The van der Waals surface area contributed by atoms with E-state index in [0.29, 0.717) is 32.4 Å². The van der Waals surface area contributed by atoms with Crippen LogP contribution in [0.1, 0.15) is 39.0 Å². The highest BCUT2D eigenvalue weighted by atomic mass is 16.5. The number of nitrogens with two attached hydrogens (primary N) is 1. The largest absolute Gasteiger partial charge is 0.481 e. The van der Waals surface area contributed by atoms with Crippen LogP contribution in [0.15, 0.2) is 0 Å². The van der Waals surface area contributed by atoms with Gasteiger partial charge in [-0.2, -0.15) is 0 Å². The molecule has 1 saturated heterocycles. The Hall–Kier alpha value is -1.14. The van der Waals surface area contributed by atoms with Crippen LogP contribution in [0, 0.1) is 5.41 Å². The van der Waals surface area contributed by atoms with Gasteiger partial charge >= 0.3 is 5.97 Å². The van der Waals surface area contributed by atoms with Gasteiger partial charge in [-0.3, -0.25) is 9.59 Å². The molecule has 2 atom stereocenters. The number of hydrogen-bond donors (Lipinski definition) is 2. The first kappa shape index (κ1) is 16.9. The third-order valence-electron chi connectivity index (χ3n) is 4.03. The van der Waals surface area contributed by atoms with Crippen molar-refractivity contribution in [3.8, 4) is 0 Å². The van der Waals surface area contributed by atoms with E-state index in [0.717, 1.165) is 12.8 Å². The molecule has 2 unspecified atom stereocenters. The Bertz CT molecular complexity index is 348. The number of aliphatic carboxylic acids is 1. The SMILES string of the molecule is CCCC1(C(=O)O)CCN(C(=O)C(N)CCCOC)C1. The summed E-state index contributed by atoms with van der Waals surface area (Å²) in [5.41, 5.74) is 5.10. The van der Waals surface area contributed by atoms with Gasteiger partial charge in [0, 0.05) is 26.8 Å². The van der Waals surface area contributed by atoms with Crippen LogP contribution < -0.4 is 5.73 Å². The van der Waals surface area contributed by atoms with Crippen LogP contribution in [-0.2, 0) is 14.3 Å². The topological polar surface area (TPSA) is 92.9 Å². The molecule has 1 fully saturated rings. The number of likely N-dealkylation sites (tertiary alicyclic amines) is 1. The second kappa shape index (κ2) is 7.59. The standard InChI is InChI=1S/C14H26N2O4/c1-3-6-14(13(18)19)7-8-16(10-14)12(17)11(15)5-4-9-20-2/h11H,3-10,15H2,1-2H3,(H,18,19). The third kappa shape index (κ3) is 3.93. The number of carbonyl (C=O) groups excluding carboxylic acids is 1. The zero-order valence-electron chi connectivity index (χ0n) is 12.4. The number of amides is 1. The van der Waals surface area contributed by atoms with E-state index in [1.807, 2.05) is 6.92 Å². The molecular formula is C14H26N2O4. The van der Waals surface area contributed by atoms with Crippen molar-refractivity contribution in [1.82, 2.24) is 4.90 Å². The second-order valence-corrected chi connectivity index (χ2v) is 5.59. The van der Waals surface area contributed by atoms with Crippen molar-refractivity contribution in [3.63, 3.8) is 0 Å². The molecule has 3 N–H and O–H groups in total. The Morgan fingerprint density at radius 3 is 2.75 bits per heavy atom. The van der Waals surface area contributed by atoms with E-state index in [4.69, 9.17) is 10.5 Å². The summed E-state index contributed by atoms with van der Waals surface area (Å²) >= 11 is 0. The Kier molecular flexibility index (Phi) is 6.42. The van der Waals surface area contributed by atoms with Gasteiger partial charge in [-0.15, -0.1) is 0 Å². The number of rotatable bonds is 8. The van der Waals surface area contributed by atoms with Crippen LogP contribution in [-0.4, -0.2) is 54.7 Å². The maximum absolute atomic E-state index is 12.2. The van der Waals surface area contributed by atoms with Crippen molar-refractivity contribution in [2.45, 2.75) is 45.1 Å². The summed E-state index contributed by atoms with van der Waals surface area (Å²) in [6.07, 6.45) is 3.22. The van der Waals surface area contributed by atoms with Crippen molar-refractivity contribution in [3.05, 3.63) is 0 Å². The van der Waals surface area contributed by atoms with Gasteiger partial charge in [0.05, 0.1) is 11.5 Å². The number of methoxy groups -OCH3 is 1. The van der Waals surface area contributed by atoms with Crippen molar-refractivity contribution >= 4 is 11.9 Å². The smallest absolute Gasteiger partial charge is 0.311 e. The average molecular weight is 286 g/mol. The van der Waals surface area contributed by atoms with E-state index in [1.54, 1.807) is 12.0 Å². The Balaban J connectivity index is 2.57. The Morgan fingerprint density at radius 2 is 2.20 bits per heavy atom. The summed E-state index contributed by atoms with van der Waals surface area (Å²) in [5, 5.41) is 9.42. The third-order valence-corrected chi connectivity index (χ3v) is 4.03. The van der Waals surface area contributed by atoms with Crippen LogP contribution in [0.5, 0.6) is 0 Å². The van der Waals surface area contributed by atoms with Crippen LogP contribution in [0.3, 0.4) is 0 Å². The lowest BCUT2D eigenvalue weighted by molar-refractivity contribution is -0.149. The molecule has 0 bridgehead atoms. The van der Waals surface area contributed by atoms with Gasteiger partial charge < -0.3 is 20.5 Å². The van der Waals surface area contributed by atoms with E-state index in [9.17, 15) is 14.7 Å². The fraction of sp³-hybridized carbons (Fsp3) is 0.857. The molecule has 0 aromatic carbocycles. The predicted octanol–water partition coefficient (Wildman–Crippen LogP) is 0.844. The number of nitrogens with zero attached hydrogens (tertiary/aromatic N) is 1. The lowest BCUT2D eigenvalue weighted by Crippen LogP contribution is -2.44. The molecule has 6 nitrogen and oxygen atoms in total. The minimum Gasteiger partial charge on any atom is -0.481 e. The van der Waals surface area contributed by atoms with Crippen LogP contribution >= 0.6 is 0 Å². The maximum Gasteiger partial charge on any atom is 0.311 e. The summed E-state index contributed by atoms with van der Waals surface area (Å²) in [6.45, 7) is 3.32. The van der Waals surface area contributed by atoms with Gasteiger partial charge in [0.1, 0.15) is 0 Å². The normalized spacial score (nSPS) is 23.9. The van der Waals surface area contributed by atoms with E-state index in [1.165, 1.54) is 0 Å². The maximum atomic E-state index is 12.2. The summed E-state index contributed by atoms with van der Waals surface area (Å²) < 4.78 is 4.94. The molecule has 0 aromatic rings. The van der Waals surface area contributed by atoms with Crippen LogP contribution in [0.25, 0.3) is 0 Å². The Labute approximate surface area is 120 Å². The number of hydrogen-bond acceptors (Lipinski definition) is 4. The molecule has 1 aliphatic heterocycles. The van der Waals surface area contributed by atoms with Gasteiger partial charge in [0.2, 0.25) is 5.91 Å². The molecule has 1 aliphatic rings. The van der Waals surface area contributed by atoms with E-state index in [2.05, 4.69) is 0 Å². The van der Waals surface area contributed by atoms with Gasteiger partial charge in [0.15, 0.2) is 0 Å². The van der Waals surface area contributed by atoms with Gasteiger partial charge in [0.25, 0.3) is 0 Å². The van der Waals surface area contributed by atoms with Crippen molar-refractivity contribution in [1.29, 1.82) is 0 Å². The van der Waals surface area contributed by atoms with Gasteiger partial charge in [-0.1, -0.05) is 13.3 Å². The van der Waals surface area contributed by atoms with Crippen molar-refractivity contribution < 1.29 is 19.4 Å². The summed E-state index contributed by atoms with van der Waals surface area (Å²) in [4.78, 5) is 25.3. The molecule has 116 valence electrons. The first-order valence-corrected chi connectivity index (χ1v) is 7.23. The van der Waals surface area contributed by atoms with Gasteiger partial charge in [-0.05, 0) is 25.7 Å². The summed E-state index contributed by atoms with van der Waals surface area (Å²) in [6, 6.07) is -0.559. The highest BCUT2D eigenvalue weighted by Crippen LogP contribution is 2.35. The van der Waals surface area contributed by atoms with E-state index < -0.39 is 17.4 Å². The molecule has 1 amide bonds. The molecule has 0 spiro atoms. The zero-order valence-corrected chi connectivity index (χ0v) is 12.4. The molecule has 1 rings (SSSR count). The average Bonchev–Trinajstić information content (AvgIpc) is 2.84. The summed E-state index contributed by atoms with van der Waals surface area (Å²) in [7, 11) is 1.61. The van der Waals surface area contributed by atoms with Crippen molar-refractivity contribution in [2.24, 2.45) is 11.1 Å². The number of carboxylic acids is 1. The van der Waals surface area contributed by atoms with Crippen LogP contribution in [0.4, 0.5) is 0 Å². The lowest BCUT2D eigenvalue weighted by atomic mass is 9.83. The molecule has 0 radical (unpaired) electrons. The van der Waals surface area contributed by atoms with Crippen molar-refractivity contribution in [2.75, 3.05) is 26.8 Å². The number of carbonyl (C=O) groups is 2. The quantitative estimate of drug-likeness (QED) is 0.645. The van der Waals surface area contributed by atoms with Crippen LogP contribution in [0.2, 0.25) is 0 Å². The molecule has 1 heterocycles. The second-order valence-electron chi connectivity index (χ2n) is 5.59. The first-order chi connectivity index (χ1) is 9.46. The highest BCUT2D eigenvalue weighted by Gasteiger charge is 2.45. The molecule has 0 aromatic heterocycles. The lowest BCUT2D eigenvalue weighted by Gasteiger charge is -2.25. The minimum atomic E-state index is -0.803. The first-order valence-electron chi connectivity index (χ1n) is 7.23. The monoisotopic (exact) mass is 286 g/mol.